The zero-order valence-corrected chi connectivity index (χ0v) is 15.5. The summed E-state index contributed by atoms with van der Waals surface area (Å²) in [6, 6.07) is 11.0. The van der Waals surface area contributed by atoms with E-state index in [9.17, 15) is 13.6 Å². The monoisotopic (exact) mass is 400 g/mol. The highest BCUT2D eigenvalue weighted by atomic mass is 19.3. The molecule has 1 aromatic heterocycles. The number of H-pyrrole nitrogens is 1. The van der Waals surface area contributed by atoms with E-state index >= 15 is 0 Å². The molecule has 0 bridgehead atoms. The third-order valence-electron chi connectivity index (χ3n) is 4.86. The van der Waals surface area contributed by atoms with Gasteiger partial charge < -0.3 is 15.2 Å². The van der Waals surface area contributed by atoms with Crippen LogP contribution in [0.2, 0.25) is 0 Å². The number of aromatic nitrogens is 3. The highest BCUT2D eigenvalue weighted by molar-refractivity contribution is 5.73. The van der Waals surface area contributed by atoms with Gasteiger partial charge in [-0.15, -0.1) is 0 Å². The average Bonchev–Trinajstić information content (AvgIpc) is 3.32. The second-order valence-corrected chi connectivity index (χ2v) is 6.54. The summed E-state index contributed by atoms with van der Waals surface area (Å²) in [5, 5.41) is 6.26. The van der Waals surface area contributed by atoms with Crippen LogP contribution in [0.5, 0.6) is 11.5 Å². The van der Waals surface area contributed by atoms with Crippen molar-refractivity contribution in [3.8, 4) is 28.3 Å². The topological polar surface area (TPSA) is 95.2 Å². The molecule has 3 aromatic rings. The lowest BCUT2D eigenvalue weighted by Crippen LogP contribution is -2.19. The van der Waals surface area contributed by atoms with Crippen molar-refractivity contribution in [3.63, 3.8) is 0 Å². The summed E-state index contributed by atoms with van der Waals surface area (Å²) in [5.41, 5.74) is 7.70. The van der Waals surface area contributed by atoms with Crippen molar-refractivity contribution in [2.45, 2.75) is 13.3 Å². The van der Waals surface area contributed by atoms with Crippen molar-refractivity contribution < 1.29 is 18.3 Å². The summed E-state index contributed by atoms with van der Waals surface area (Å²) in [6.07, 6.45) is -2.09. The Labute approximate surface area is 164 Å². The molecule has 0 fully saturated rings. The third-order valence-corrected chi connectivity index (χ3v) is 4.86. The molecule has 150 valence electrons. The molecule has 1 aliphatic heterocycles. The Morgan fingerprint density at radius 3 is 2.79 bits per heavy atom. The van der Waals surface area contributed by atoms with Gasteiger partial charge in [0.25, 0.3) is 6.08 Å². The molecule has 3 N–H and O–H groups in total. The van der Waals surface area contributed by atoms with E-state index in [2.05, 4.69) is 10.2 Å². The molecule has 0 unspecified atom stereocenters. The fourth-order valence-electron chi connectivity index (χ4n) is 3.35. The molecule has 2 aromatic carbocycles. The molecule has 7 nitrogen and oxygen atoms in total. The minimum Gasteiger partial charge on any atom is -0.454 e. The van der Waals surface area contributed by atoms with Gasteiger partial charge in [-0.25, -0.2) is 14.5 Å². The molecule has 0 aliphatic carbocycles. The predicted molar refractivity (Wildman–Crippen MR) is 102 cm³/mol. The van der Waals surface area contributed by atoms with Crippen LogP contribution in [0.4, 0.5) is 8.78 Å². The van der Waals surface area contributed by atoms with E-state index < -0.39 is 11.8 Å². The van der Waals surface area contributed by atoms with Crippen molar-refractivity contribution in [1.82, 2.24) is 14.8 Å². The number of aromatic amines is 1. The summed E-state index contributed by atoms with van der Waals surface area (Å²) in [7, 11) is 0. The van der Waals surface area contributed by atoms with E-state index in [0.717, 1.165) is 16.7 Å². The van der Waals surface area contributed by atoms with E-state index in [1.807, 2.05) is 31.2 Å². The van der Waals surface area contributed by atoms with E-state index in [0.29, 0.717) is 17.2 Å². The van der Waals surface area contributed by atoms with Gasteiger partial charge in [0, 0.05) is 18.5 Å². The number of hydrogen-bond donors (Lipinski definition) is 2. The Bertz CT molecular complexity index is 1160. The lowest BCUT2D eigenvalue weighted by atomic mass is 9.98. The molecule has 9 heteroatoms. The van der Waals surface area contributed by atoms with E-state index in [4.69, 9.17) is 15.2 Å². The quantitative estimate of drug-likeness (QED) is 0.687. The fraction of sp³-hybridized carbons (Fsp3) is 0.200. The van der Waals surface area contributed by atoms with Crippen LogP contribution in [0, 0.1) is 6.92 Å². The van der Waals surface area contributed by atoms with Crippen molar-refractivity contribution in [3.05, 3.63) is 69.9 Å². The van der Waals surface area contributed by atoms with Crippen LogP contribution in [0.25, 0.3) is 16.8 Å². The first kappa shape index (κ1) is 18.9. The van der Waals surface area contributed by atoms with Crippen LogP contribution in [-0.2, 0) is 6.42 Å². The molecular weight excluding hydrogens is 382 g/mol. The standard InChI is InChI=1S/C20H18F2N4O3/c1-11-14(12-5-6-16-17(7-12)29-10-28-16)3-2-4-15(11)26-18(24-25-20(26)27)8-13(9-23)19(21)22/h2-7H,8-10,23H2,1H3,(H,25,27). The van der Waals surface area contributed by atoms with Crippen molar-refractivity contribution >= 4 is 0 Å². The zero-order chi connectivity index (χ0) is 20.5. The second kappa shape index (κ2) is 7.51. The maximum Gasteiger partial charge on any atom is 0.347 e. The van der Waals surface area contributed by atoms with Crippen molar-refractivity contribution in [2.75, 3.05) is 13.3 Å². The molecule has 0 spiro atoms. The number of ether oxygens (including phenoxy) is 2. The average molecular weight is 400 g/mol. The molecule has 1 aliphatic rings. The summed E-state index contributed by atoms with van der Waals surface area (Å²) < 4.78 is 38.2. The number of benzene rings is 2. The van der Waals surface area contributed by atoms with Crippen molar-refractivity contribution in [2.24, 2.45) is 5.73 Å². The van der Waals surface area contributed by atoms with Gasteiger partial charge in [0.15, 0.2) is 11.5 Å². The van der Waals surface area contributed by atoms with E-state index in [1.165, 1.54) is 4.57 Å². The molecule has 0 radical (unpaired) electrons. The zero-order valence-electron chi connectivity index (χ0n) is 15.5. The SMILES string of the molecule is Cc1c(-c2ccc3c(c2)OCO3)cccc1-n1c(CC(CN)=C(F)F)n[nH]c1=O. The minimum atomic E-state index is -1.86. The first-order valence-electron chi connectivity index (χ1n) is 8.89. The van der Waals surface area contributed by atoms with Crippen LogP contribution in [0.1, 0.15) is 11.4 Å². The molecule has 4 rings (SSSR count). The Balaban J connectivity index is 1.80. The molecule has 0 atom stereocenters. The lowest BCUT2D eigenvalue weighted by Gasteiger charge is -2.14. The summed E-state index contributed by atoms with van der Waals surface area (Å²) >= 11 is 0. The lowest BCUT2D eigenvalue weighted by molar-refractivity contribution is 0.174. The number of fused-ring (bicyclic) bond motifs is 1. The molecular formula is C20H18F2N4O3. The van der Waals surface area contributed by atoms with E-state index in [-0.39, 0.29) is 31.2 Å². The number of nitrogens with two attached hydrogens (primary N) is 1. The maximum atomic E-state index is 13.1. The van der Waals surface area contributed by atoms with Gasteiger partial charge in [-0.1, -0.05) is 18.2 Å². The fourth-order valence-corrected chi connectivity index (χ4v) is 3.35. The first-order valence-corrected chi connectivity index (χ1v) is 8.89. The van der Waals surface area contributed by atoms with Crippen LogP contribution in [0.15, 0.2) is 52.8 Å². The van der Waals surface area contributed by atoms with Crippen LogP contribution >= 0.6 is 0 Å². The normalized spacial score (nSPS) is 12.3. The van der Waals surface area contributed by atoms with Gasteiger partial charge in [0.05, 0.1) is 5.69 Å². The highest BCUT2D eigenvalue weighted by Crippen LogP contribution is 2.37. The van der Waals surface area contributed by atoms with E-state index in [1.54, 1.807) is 12.1 Å². The Morgan fingerprint density at radius 1 is 1.24 bits per heavy atom. The minimum absolute atomic E-state index is 0.161. The third kappa shape index (κ3) is 3.40. The van der Waals surface area contributed by atoms with Gasteiger partial charge in [-0.2, -0.15) is 13.9 Å². The predicted octanol–water partition coefficient (Wildman–Crippen LogP) is 2.92. The Morgan fingerprint density at radius 2 is 2.03 bits per heavy atom. The number of rotatable bonds is 5. The summed E-state index contributed by atoms with van der Waals surface area (Å²) in [6.45, 7) is 1.71. The molecule has 0 saturated carbocycles. The maximum absolute atomic E-state index is 13.1. The van der Waals surface area contributed by atoms with Gasteiger partial charge in [-0.3, -0.25) is 0 Å². The smallest absolute Gasteiger partial charge is 0.347 e. The largest absolute Gasteiger partial charge is 0.454 e. The first-order chi connectivity index (χ1) is 14.0. The number of nitrogens with zero attached hydrogens (tertiary/aromatic N) is 2. The number of hydrogen-bond acceptors (Lipinski definition) is 5. The molecule has 2 heterocycles. The van der Waals surface area contributed by atoms with Crippen LogP contribution in [-0.4, -0.2) is 28.1 Å². The van der Waals surface area contributed by atoms with Crippen molar-refractivity contribution in [1.29, 1.82) is 0 Å². The summed E-state index contributed by atoms with van der Waals surface area (Å²) in [5.74, 6) is 1.48. The molecule has 29 heavy (non-hydrogen) atoms. The second-order valence-electron chi connectivity index (χ2n) is 6.54. The summed E-state index contributed by atoms with van der Waals surface area (Å²) in [4.78, 5) is 12.4. The molecule has 0 saturated heterocycles. The van der Waals surface area contributed by atoms with Crippen LogP contribution < -0.4 is 20.9 Å². The van der Waals surface area contributed by atoms with Gasteiger partial charge in [-0.05, 0) is 41.8 Å². The number of halogens is 2. The highest BCUT2D eigenvalue weighted by Gasteiger charge is 2.19. The van der Waals surface area contributed by atoms with Gasteiger partial charge in [0.1, 0.15) is 5.82 Å². The van der Waals surface area contributed by atoms with Crippen LogP contribution in [0.3, 0.4) is 0 Å². The molecule has 0 amide bonds. The number of nitrogens with one attached hydrogen (secondary N) is 1. The Hall–Kier alpha value is -3.46. The van der Waals surface area contributed by atoms with Gasteiger partial charge in [0.2, 0.25) is 6.79 Å². The van der Waals surface area contributed by atoms with Gasteiger partial charge >= 0.3 is 5.69 Å². The Kier molecular flexibility index (Phi) is 4.89.